The third-order valence-corrected chi connectivity index (χ3v) is 7.85. The summed E-state index contributed by atoms with van der Waals surface area (Å²) >= 11 is 7.19. The monoisotopic (exact) mass is 621 g/mol. The van der Waals surface area contributed by atoms with Crippen LogP contribution in [-0.4, -0.2) is 65.0 Å². The van der Waals surface area contributed by atoms with Crippen LogP contribution >= 0.6 is 22.9 Å². The Morgan fingerprint density at radius 3 is 2.54 bits per heavy atom. The molecule has 4 heterocycles. The maximum Gasteiger partial charge on any atom is 0.490 e. The van der Waals surface area contributed by atoms with E-state index in [9.17, 15) is 31.1 Å². The Kier molecular flexibility index (Phi) is 8.09. The van der Waals surface area contributed by atoms with Crippen molar-refractivity contribution in [3.8, 4) is 22.3 Å². The summed E-state index contributed by atoms with van der Waals surface area (Å²) in [5, 5.41) is 2.21. The summed E-state index contributed by atoms with van der Waals surface area (Å²) in [5.74, 6) is -2.46. The average Bonchev–Trinajstić information content (AvgIpc) is 3.55. The van der Waals surface area contributed by atoms with Crippen LogP contribution in [-0.2, 0) is 22.1 Å². The Morgan fingerprint density at radius 2 is 1.88 bits per heavy atom. The van der Waals surface area contributed by atoms with Gasteiger partial charge >= 0.3 is 18.3 Å². The zero-order valence-electron chi connectivity index (χ0n) is 21.1. The van der Waals surface area contributed by atoms with E-state index in [-0.39, 0.29) is 12.4 Å². The molecule has 5 rings (SSSR count). The number of carbonyl (C=O) groups is 1. The number of nitrogens with zero attached hydrogens (tertiary/aromatic N) is 3. The molecule has 3 aromatic rings. The predicted octanol–water partition coefficient (Wildman–Crippen LogP) is 6.20. The van der Waals surface area contributed by atoms with Gasteiger partial charge in [0.2, 0.25) is 5.88 Å². The highest BCUT2D eigenvalue weighted by Gasteiger charge is 2.45. The number of likely N-dealkylation sites (tertiary alicyclic amines) is 1. The van der Waals surface area contributed by atoms with Crippen molar-refractivity contribution < 1.29 is 45.3 Å². The molecule has 2 aliphatic heterocycles. The van der Waals surface area contributed by atoms with Crippen molar-refractivity contribution >= 4 is 28.9 Å². The van der Waals surface area contributed by atoms with E-state index >= 15 is 0 Å². The molecule has 0 radical (unpaired) electrons. The number of halogens is 7. The summed E-state index contributed by atoms with van der Waals surface area (Å²) in [6.45, 7) is 0.0137. The third kappa shape index (κ3) is 7.04. The maximum atomic E-state index is 13.5. The SMILES string of the molecule is O=C(O[C@H](COc1cc(C(F)(F)F)nc(-c2cccs2)n1)CN1CCC2(CC1)Cc1cc(Cl)ccc1O2)C(F)(F)F. The van der Waals surface area contributed by atoms with Crippen LogP contribution in [0.3, 0.4) is 0 Å². The van der Waals surface area contributed by atoms with Gasteiger partial charge < -0.3 is 14.2 Å². The lowest BCUT2D eigenvalue weighted by Crippen LogP contribution is -2.50. The van der Waals surface area contributed by atoms with Crippen LogP contribution in [0.2, 0.25) is 5.02 Å². The van der Waals surface area contributed by atoms with Crippen LogP contribution in [0.25, 0.3) is 10.7 Å². The van der Waals surface area contributed by atoms with Gasteiger partial charge in [0.05, 0.1) is 4.88 Å². The molecule has 0 N–H and O–H groups in total. The average molecular weight is 622 g/mol. The number of rotatable bonds is 7. The Bertz CT molecular complexity index is 1390. The van der Waals surface area contributed by atoms with Gasteiger partial charge in [-0.3, -0.25) is 4.90 Å². The van der Waals surface area contributed by atoms with Gasteiger partial charge in [-0.25, -0.2) is 9.78 Å². The number of piperidine rings is 1. The molecule has 1 saturated heterocycles. The Labute approximate surface area is 239 Å². The molecule has 1 atom stereocenters. The molecule has 0 unspecified atom stereocenters. The van der Waals surface area contributed by atoms with Gasteiger partial charge in [-0.1, -0.05) is 17.7 Å². The van der Waals surface area contributed by atoms with Crippen molar-refractivity contribution in [1.82, 2.24) is 14.9 Å². The molecule has 41 heavy (non-hydrogen) atoms. The summed E-state index contributed by atoms with van der Waals surface area (Å²) < 4.78 is 95.7. The molecule has 7 nitrogen and oxygen atoms in total. The fourth-order valence-electron chi connectivity index (χ4n) is 4.79. The molecule has 2 aliphatic rings. The summed E-state index contributed by atoms with van der Waals surface area (Å²) in [5.41, 5.74) is -0.790. The molecule has 1 aromatic carbocycles. The smallest absolute Gasteiger partial charge is 0.487 e. The van der Waals surface area contributed by atoms with Gasteiger partial charge in [0.15, 0.2) is 11.5 Å². The number of benzene rings is 1. The molecule has 220 valence electrons. The normalized spacial score (nSPS) is 17.6. The first-order valence-electron chi connectivity index (χ1n) is 12.4. The van der Waals surface area contributed by atoms with Crippen LogP contribution in [0, 0.1) is 0 Å². The number of alkyl halides is 6. The molecule has 1 spiro atoms. The van der Waals surface area contributed by atoms with Crippen molar-refractivity contribution in [1.29, 1.82) is 0 Å². The lowest BCUT2D eigenvalue weighted by atomic mass is 9.87. The second kappa shape index (κ2) is 11.3. The lowest BCUT2D eigenvalue weighted by molar-refractivity contribution is -0.207. The standard InChI is InChI=1S/C26H22ClF6N3O4S/c27-16-3-4-18-15(10-16)12-24(40-18)5-7-36(8-6-24)13-17(39-23(37)26(31,32)33)14-38-21-11-20(25(28,29)30)34-22(35-21)19-2-1-9-41-19/h1-4,9-11,17H,5-8,12-14H2/t17-/m0/s1. The molecule has 1 fully saturated rings. The summed E-state index contributed by atoms with van der Waals surface area (Å²) in [4.78, 5) is 21.3. The third-order valence-electron chi connectivity index (χ3n) is 6.75. The van der Waals surface area contributed by atoms with Crippen molar-refractivity contribution in [2.45, 2.75) is 43.3 Å². The Hall–Kier alpha value is -3.10. The summed E-state index contributed by atoms with van der Waals surface area (Å²) in [6.07, 6.45) is -9.82. The highest BCUT2D eigenvalue weighted by atomic mass is 35.5. The largest absolute Gasteiger partial charge is 0.490 e. The highest BCUT2D eigenvalue weighted by Crippen LogP contribution is 2.42. The second-order valence-corrected chi connectivity index (χ2v) is 11.1. The van der Waals surface area contributed by atoms with Gasteiger partial charge in [0.1, 0.15) is 24.1 Å². The van der Waals surface area contributed by atoms with E-state index in [1.807, 2.05) is 6.07 Å². The molecule has 15 heteroatoms. The fourth-order valence-corrected chi connectivity index (χ4v) is 5.65. The van der Waals surface area contributed by atoms with E-state index in [4.69, 9.17) is 21.1 Å². The van der Waals surface area contributed by atoms with E-state index in [1.54, 1.807) is 28.5 Å². The molecular formula is C26H22ClF6N3O4S. The number of fused-ring (bicyclic) bond motifs is 1. The molecule has 0 aliphatic carbocycles. The van der Waals surface area contributed by atoms with E-state index in [0.29, 0.717) is 48.3 Å². The molecule has 0 bridgehead atoms. The van der Waals surface area contributed by atoms with Gasteiger partial charge in [-0.15, -0.1) is 11.3 Å². The van der Waals surface area contributed by atoms with Crippen LogP contribution in [0.4, 0.5) is 26.3 Å². The van der Waals surface area contributed by atoms with E-state index in [1.165, 1.54) is 6.07 Å². The second-order valence-electron chi connectivity index (χ2n) is 9.74. The minimum atomic E-state index is -5.26. The van der Waals surface area contributed by atoms with Gasteiger partial charge in [0, 0.05) is 50.0 Å². The number of aromatic nitrogens is 2. The first kappa shape index (κ1) is 29.4. The van der Waals surface area contributed by atoms with Crippen LogP contribution in [0.15, 0.2) is 41.8 Å². The summed E-state index contributed by atoms with van der Waals surface area (Å²) in [6, 6.07) is 9.03. The summed E-state index contributed by atoms with van der Waals surface area (Å²) in [7, 11) is 0. The minimum Gasteiger partial charge on any atom is -0.487 e. The van der Waals surface area contributed by atoms with Gasteiger partial charge in [-0.05, 0) is 35.2 Å². The van der Waals surface area contributed by atoms with Crippen molar-refractivity contribution in [3.63, 3.8) is 0 Å². The molecule has 0 amide bonds. The lowest BCUT2D eigenvalue weighted by Gasteiger charge is -2.39. The van der Waals surface area contributed by atoms with Crippen LogP contribution < -0.4 is 9.47 Å². The van der Waals surface area contributed by atoms with Crippen LogP contribution in [0.5, 0.6) is 11.6 Å². The van der Waals surface area contributed by atoms with Gasteiger partial charge in [0.25, 0.3) is 0 Å². The predicted molar refractivity (Wildman–Crippen MR) is 136 cm³/mol. The Morgan fingerprint density at radius 1 is 1.12 bits per heavy atom. The molecule has 2 aromatic heterocycles. The van der Waals surface area contributed by atoms with Crippen molar-refractivity contribution in [2.75, 3.05) is 26.2 Å². The van der Waals surface area contributed by atoms with Gasteiger partial charge in [-0.2, -0.15) is 31.3 Å². The first-order valence-corrected chi connectivity index (χ1v) is 13.7. The minimum absolute atomic E-state index is 0.147. The fraction of sp³-hybridized carbons (Fsp3) is 0.423. The van der Waals surface area contributed by atoms with E-state index in [2.05, 4.69) is 14.7 Å². The van der Waals surface area contributed by atoms with E-state index < -0.39 is 48.2 Å². The van der Waals surface area contributed by atoms with Crippen LogP contribution in [0.1, 0.15) is 24.1 Å². The van der Waals surface area contributed by atoms with Crippen molar-refractivity contribution in [3.05, 3.63) is 58.1 Å². The molecule has 0 saturated carbocycles. The number of thiophene rings is 1. The topological polar surface area (TPSA) is 73.8 Å². The number of esters is 1. The van der Waals surface area contributed by atoms with E-state index in [0.717, 1.165) is 22.6 Å². The quantitative estimate of drug-likeness (QED) is 0.230. The number of hydrogen-bond acceptors (Lipinski definition) is 8. The highest BCUT2D eigenvalue weighted by molar-refractivity contribution is 7.13. The number of carbonyl (C=O) groups excluding carboxylic acids is 1. The number of ether oxygens (including phenoxy) is 3. The zero-order valence-corrected chi connectivity index (χ0v) is 22.7. The number of hydrogen-bond donors (Lipinski definition) is 0. The molecular weight excluding hydrogens is 600 g/mol. The first-order chi connectivity index (χ1) is 19.3. The maximum absolute atomic E-state index is 13.5. The Balaban J connectivity index is 1.28. The van der Waals surface area contributed by atoms with Crippen molar-refractivity contribution in [2.24, 2.45) is 0 Å². The zero-order chi connectivity index (χ0) is 29.4.